The Kier molecular flexibility index (Phi) is 10.7. The molecular formula is C64H58N2. The van der Waals surface area contributed by atoms with Gasteiger partial charge in [-0.1, -0.05) is 186 Å². The highest BCUT2D eigenvalue weighted by Gasteiger charge is 2.41. The average molecular weight is 855 g/mol. The number of para-hydroxylation sites is 2. The van der Waals surface area contributed by atoms with Crippen molar-refractivity contribution in [2.75, 3.05) is 9.80 Å². The zero-order chi connectivity index (χ0) is 44.8. The number of rotatable bonds is 10. The summed E-state index contributed by atoms with van der Waals surface area (Å²) in [6.07, 6.45) is 4.78. The summed E-state index contributed by atoms with van der Waals surface area (Å²) >= 11 is 0. The molecule has 324 valence electrons. The lowest BCUT2D eigenvalue weighted by Gasteiger charge is -2.44. The molecule has 11 rings (SSSR count). The van der Waals surface area contributed by atoms with E-state index in [-0.39, 0.29) is 10.8 Å². The molecule has 2 nitrogen and oxygen atoms in total. The zero-order valence-corrected chi connectivity index (χ0v) is 38.7. The van der Waals surface area contributed by atoms with Crippen molar-refractivity contribution >= 4 is 44.9 Å². The Morgan fingerprint density at radius 1 is 0.439 bits per heavy atom. The molecule has 0 aromatic heterocycles. The van der Waals surface area contributed by atoms with Crippen LogP contribution in [0.4, 0.5) is 34.1 Å². The van der Waals surface area contributed by atoms with Gasteiger partial charge in [-0.2, -0.15) is 0 Å². The van der Waals surface area contributed by atoms with E-state index >= 15 is 0 Å². The minimum atomic E-state index is -0.167. The van der Waals surface area contributed by atoms with Gasteiger partial charge in [0.25, 0.3) is 0 Å². The van der Waals surface area contributed by atoms with Crippen LogP contribution in [0.15, 0.2) is 218 Å². The van der Waals surface area contributed by atoms with Gasteiger partial charge in [0.15, 0.2) is 0 Å². The van der Waals surface area contributed by atoms with E-state index in [1.54, 1.807) is 0 Å². The van der Waals surface area contributed by atoms with Gasteiger partial charge in [0.05, 0.1) is 0 Å². The molecule has 2 unspecified atom stereocenters. The Morgan fingerprint density at radius 3 is 1.58 bits per heavy atom. The largest absolute Gasteiger partial charge is 0.311 e. The molecule has 66 heavy (non-hydrogen) atoms. The Balaban J connectivity index is 1.01. The van der Waals surface area contributed by atoms with Crippen molar-refractivity contribution < 1.29 is 0 Å². The first kappa shape index (κ1) is 41.5. The van der Waals surface area contributed by atoms with Gasteiger partial charge in [0, 0.05) is 45.0 Å². The van der Waals surface area contributed by atoms with Gasteiger partial charge >= 0.3 is 0 Å². The van der Waals surface area contributed by atoms with E-state index in [1.165, 1.54) is 79.5 Å². The fraction of sp³-hybridized carbons (Fsp3) is 0.188. The highest BCUT2D eigenvalue weighted by atomic mass is 15.1. The van der Waals surface area contributed by atoms with E-state index in [1.807, 2.05) is 0 Å². The minimum Gasteiger partial charge on any atom is -0.311 e. The second kappa shape index (κ2) is 17.0. The molecule has 9 aromatic rings. The van der Waals surface area contributed by atoms with Crippen molar-refractivity contribution in [3.8, 4) is 22.3 Å². The first-order valence-electron chi connectivity index (χ1n) is 24.0. The van der Waals surface area contributed by atoms with Crippen molar-refractivity contribution in [3.63, 3.8) is 0 Å². The number of hydrogen-bond donors (Lipinski definition) is 0. The fourth-order valence-corrected chi connectivity index (χ4v) is 11.6. The third kappa shape index (κ3) is 7.30. The molecule has 0 bridgehead atoms. The smallest absolute Gasteiger partial charge is 0.0468 e. The Labute approximate surface area is 391 Å². The molecule has 0 amide bonds. The second-order valence-corrected chi connectivity index (χ2v) is 19.6. The van der Waals surface area contributed by atoms with Crippen molar-refractivity contribution in [3.05, 3.63) is 241 Å². The third-order valence-corrected chi connectivity index (χ3v) is 15.1. The van der Waals surface area contributed by atoms with Crippen LogP contribution >= 0.6 is 0 Å². The summed E-state index contributed by atoms with van der Waals surface area (Å²) in [4.78, 5) is 4.85. The molecule has 2 atom stereocenters. The Bertz CT molecular complexity index is 3090. The summed E-state index contributed by atoms with van der Waals surface area (Å²) in [5.41, 5.74) is 17.5. The minimum absolute atomic E-state index is 0.0951. The Morgan fingerprint density at radius 2 is 0.955 bits per heavy atom. The van der Waals surface area contributed by atoms with Crippen LogP contribution in [0.5, 0.6) is 0 Å². The van der Waals surface area contributed by atoms with Crippen LogP contribution in [-0.4, -0.2) is 0 Å². The van der Waals surface area contributed by atoms with Gasteiger partial charge in [-0.05, 0) is 153 Å². The third-order valence-electron chi connectivity index (χ3n) is 15.1. The summed E-state index contributed by atoms with van der Waals surface area (Å²) in [5.74, 6) is 1.27. The second-order valence-electron chi connectivity index (χ2n) is 19.6. The summed E-state index contributed by atoms with van der Waals surface area (Å²) in [5, 5.41) is 2.48. The van der Waals surface area contributed by atoms with Crippen molar-refractivity contribution in [1.29, 1.82) is 0 Å². The van der Waals surface area contributed by atoms with E-state index in [2.05, 4.69) is 256 Å². The van der Waals surface area contributed by atoms with Gasteiger partial charge in [-0.15, -0.1) is 0 Å². The molecule has 0 spiro atoms. The fourth-order valence-electron chi connectivity index (χ4n) is 11.6. The van der Waals surface area contributed by atoms with Crippen molar-refractivity contribution in [1.82, 2.24) is 0 Å². The molecule has 1 saturated carbocycles. The number of nitrogens with zero attached hydrogens (tertiary/aromatic N) is 2. The molecular weight excluding hydrogens is 797 g/mol. The van der Waals surface area contributed by atoms with E-state index in [9.17, 15) is 0 Å². The van der Waals surface area contributed by atoms with Crippen LogP contribution in [0.2, 0.25) is 0 Å². The van der Waals surface area contributed by atoms with E-state index in [0.29, 0.717) is 11.8 Å². The monoisotopic (exact) mass is 854 g/mol. The van der Waals surface area contributed by atoms with Gasteiger partial charge in [0.2, 0.25) is 0 Å². The maximum atomic E-state index is 2.48. The predicted molar refractivity (Wildman–Crippen MR) is 280 cm³/mol. The SMILES string of the molecule is CC(C)C1CCCC(c2ccc(N(c3ccccc3)c3ccccc3)cc2)(c2ccc(N(c3ccc4c(c3)C(C)(C)c3cccc(-c5ccccc5)c3-4)c3ccc4ccccc4c3)cc2)C1. The lowest BCUT2D eigenvalue weighted by atomic mass is 9.60. The topological polar surface area (TPSA) is 6.48 Å². The van der Waals surface area contributed by atoms with E-state index < -0.39 is 0 Å². The van der Waals surface area contributed by atoms with Crippen LogP contribution in [0.1, 0.15) is 75.6 Å². The molecule has 2 aliphatic carbocycles. The van der Waals surface area contributed by atoms with Crippen LogP contribution in [0.3, 0.4) is 0 Å². The lowest BCUT2D eigenvalue weighted by molar-refractivity contribution is 0.207. The van der Waals surface area contributed by atoms with Crippen LogP contribution in [0, 0.1) is 11.8 Å². The molecule has 0 heterocycles. The highest BCUT2D eigenvalue weighted by molar-refractivity contribution is 5.95. The van der Waals surface area contributed by atoms with Crippen molar-refractivity contribution in [2.24, 2.45) is 11.8 Å². The first-order chi connectivity index (χ1) is 32.3. The molecule has 0 radical (unpaired) electrons. The lowest BCUT2D eigenvalue weighted by Crippen LogP contribution is -2.36. The van der Waals surface area contributed by atoms with E-state index in [0.717, 1.165) is 35.6 Å². The van der Waals surface area contributed by atoms with Gasteiger partial charge in [0.1, 0.15) is 0 Å². The zero-order valence-electron chi connectivity index (χ0n) is 38.7. The number of fused-ring (bicyclic) bond motifs is 4. The van der Waals surface area contributed by atoms with Crippen LogP contribution in [0.25, 0.3) is 33.0 Å². The highest BCUT2D eigenvalue weighted by Crippen LogP contribution is 2.54. The van der Waals surface area contributed by atoms with Gasteiger partial charge in [-0.25, -0.2) is 0 Å². The van der Waals surface area contributed by atoms with Gasteiger partial charge in [-0.3, -0.25) is 0 Å². The predicted octanol–water partition coefficient (Wildman–Crippen LogP) is 17.9. The van der Waals surface area contributed by atoms with Crippen LogP contribution in [-0.2, 0) is 10.8 Å². The molecule has 0 aliphatic heterocycles. The molecule has 0 saturated heterocycles. The summed E-state index contributed by atoms with van der Waals surface area (Å²) < 4.78 is 0. The molecule has 2 heteroatoms. The molecule has 0 N–H and O–H groups in total. The maximum absolute atomic E-state index is 2.48. The summed E-state index contributed by atoms with van der Waals surface area (Å²) in [6, 6.07) is 81.3. The van der Waals surface area contributed by atoms with Crippen LogP contribution < -0.4 is 9.80 Å². The molecule has 1 fully saturated rings. The first-order valence-corrected chi connectivity index (χ1v) is 24.0. The quantitative estimate of drug-likeness (QED) is 0.135. The van der Waals surface area contributed by atoms with Gasteiger partial charge < -0.3 is 9.80 Å². The van der Waals surface area contributed by atoms with E-state index in [4.69, 9.17) is 0 Å². The normalized spacial score (nSPS) is 17.3. The summed E-state index contributed by atoms with van der Waals surface area (Å²) in [7, 11) is 0. The number of anilines is 6. The molecule has 9 aromatic carbocycles. The standard InChI is InChI=1S/C64H58N2/c1-45(2)49-22-17-41-64(44-49,50-30-35-54(36-31-50)65(52-23-10-6-11-24-52)53-25-12-7-13-26-53)51-32-37-55(38-33-51)66(56-34-29-46-18-14-15-21-48(46)42-56)57-39-40-59-61(43-57)63(3,4)60-28-16-27-58(62(59)60)47-19-8-5-9-20-47/h5-16,18-21,23-40,42-43,45,49H,17,22,41,44H2,1-4H3. The number of benzene rings is 9. The maximum Gasteiger partial charge on any atom is 0.0468 e. The Hall–Kier alpha value is -7.16. The number of hydrogen-bond acceptors (Lipinski definition) is 2. The average Bonchev–Trinajstić information content (AvgIpc) is 3.60. The molecule has 2 aliphatic rings. The summed E-state index contributed by atoms with van der Waals surface area (Å²) in [6.45, 7) is 9.63. The van der Waals surface area contributed by atoms with Crippen molar-refractivity contribution in [2.45, 2.75) is 64.2 Å².